The monoisotopic (exact) mass is 261 g/mol. The molecule has 0 aliphatic heterocycles. The van der Waals surface area contributed by atoms with Crippen LogP contribution in [0.3, 0.4) is 0 Å². The highest BCUT2D eigenvalue weighted by Crippen LogP contribution is 2.24. The highest BCUT2D eigenvalue weighted by molar-refractivity contribution is 6.10. The third-order valence-electron chi connectivity index (χ3n) is 2.13. The van der Waals surface area contributed by atoms with E-state index in [9.17, 15) is 4.39 Å². The summed E-state index contributed by atoms with van der Waals surface area (Å²) in [4.78, 5) is 0. The van der Waals surface area contributed by atoms with E-state index >= 15 is 0 Å². The van der Waals surface area contributed by atoms with E-state index < -0.39 is 5.82 Å². The minimum absolute atomic E-state index is 0.0709. The van der Waals surface area contributed by atoms with Gasteiger partial charge in [-0.3, -0.25) is 5.43 Å². The maximum atomic E-state index is 13.6. The average Bonchev–Trinajstić information content (AvgIpc) is 2.42. The second kappa shape index (κ2) is 7.64. The molecule has 1 rings (SSSR count). The number of anilines is 2. The third-order valence-corrected chi connectivity index (χ3v) is 2.13. The Morgan fingerprint density at radius 3 is 2.79 bits per heavy atom. The van der Waals surface area contributed by atoms with Gasteiger partial charge in [0.05, 0.1) is 12.3 Å². The number of rotatable bonds is 6. The van der Waals surface area contributed by atoms with Crippen molar-refractivity contribution in [2.45, 2.75) is 0 Å². The van der Waals surface area contributed by atoms with Crippen LogP contribution in [-0.2, 0) is 4.74 Å². The van der Waals surface area contributed by atoms with Gasteiger partial charge >= 0.3 is 0 Å². The maximum absolute atomic E-state index is 13.6. The zero-order chi connectivity index (χ0) is 14.1. The maximum Gasteiger partial charge on any atom is 0.237 e. The van der Waals surface area contributed by atoms with Gasteiger partial charge in [0.2, 0.25) is 5.71 Å². The molecule has 19 heavy (non-hydrogen) atoms. The molecular weight excluding hydrogens is 249 g/mol. The molecule has 0 radical (unpaired) electrons. The predicted octanol–water partition coefficient (Wildman–Crippen LogP) is 1.70. The van der Waals surface area contributed by atoms with Crippen molar-refractivity contribution in [3.05, 3.63) is 24.0 Å². The second-order valence-corrected chi connectivity index (χ2v) is 3.38. The lowest BCUT2D eigenvalue weighted by Crippen LogP contribution is -2.10. The highest BCUT2D eigenvalue weighted by atomic mass is 19.1. The molecule has 0 saturated heterocycles. The van der Waals surface area contributed by atoms with Crippen LogP contribution >= 0.6 is 0 Å². The topological polar surface area (TPSA) is 93.2 Å². The quantitative estimate of drug-likeness (QED) is 0.462. The van der Waals surface area contributed by atoms with Gasteiger partial charge in [-0.2, -0.15) is 15.6 Å². The number of ether oxygens (including phenoxy) is 1. The number of halogens is 1. The Morgan fingerprint density at radius 1 is 1.42 bits per heavy atom. The van der Waals surface area contributed by atoms with Crippen molar-refractivity contribution >= 4 is 17.1 Å². The molecule has 0 aromatic heterocycles. The molecule has 6 nitrogen and oxygen atoms in total. The number of benzene rings is 1. The average molecular weight is 261 g/mol. The fourth-order valence-corrected chi connectivity index (χ4v) is 1.26. The number of methoxy groups -OCH3 is 1. The molecule has 2 N–H and O–H groups in total. The van der Waals surface area contributed by atoms with Crippen LogP contribution < -0.4 is 10.7 Å². The van der Waals surface area contributed by atoms with Crippen LogP contribution in [0, 0.1) is 28.5 Å². The summed E-state index contributed by atoms with van der Waals surface area (Å²) in [5, 5.41) is 23.6. The number of hydrogen-bond acceptors (Lipinski definition) is 6. The Bertz CT molecular complexity index is 528. The van der Waals surface area contributed by atoms with Gasteiger partial charge in [-0.05, 0) is 12.1 Å². The van der Waals surface area contributed by atoms with Crippen molar-refractivity contribution < 1.29 is 9.13 Å². The van der Waals surface area contributed by atoms with Crippen molar-refractivity contribution in [3.63, 3.8) is 0 Å². The molecule has 98 valence electrons. The van der Waals surface area contributed by atoms with Gasteiger partial charge in [0, 0.05) is 13.7 Å². The summed E-state index contributed by atoms with van der Waals surface area (Å²) >= 11 is 0. The minimum Gasteiger partial charge on any atom is -0.383 e. The Labute approximate surface area is 110 Å². The molecule has 0 saturated carbocycles. The lowest BCUT2D eigenvalue weighted by molar-refractivity contribution is 0.211. The molecule has 0 spiro atoms. The predicted molar refractivity (Wildman–Crippen MR) is 69.0 cm³/mol. The van der Waals surface area contributed by atoms with E-state index in [2.05, 4.69) is 15.8 Å². The standard InChI is InChI=1S/C12H12FN5O/c1-19-6-5-16-11-4-2-3-10(13)12(11)18-17-9(7-14)8-15/h2-4,16,18H,5-6H2,1H3. The van der Waals surface area contributed by atoms with Crippen LogP contribution in [0.4, 0.5) is 15.8 Å². The zero-order valence-electron chi connectivity index (χ0n) is 10.3. The number of hydrogen-bond donors (Lipinski definition) is 2. The van der Waals surface area contributed by atoms with Gasteiger partial charge in [0.1, 0.15) is 23.6 Å². The molecule has 1 aromatic rings. The van der Waals surface area contributed by atoms with E-state index in [-0.39, 0.29) is 11.4 Å². The highest BCUT2D eigenvalue weighted by Gasteiger charge is 2.07. The summed E-state index contributed by atoms with van der Waals surface area (Å²) in [6.45, 7) is 0.947. The summed E-state index contributed by atoms with van der Waals surface area (Å²) in [6.07, 6.45) is 0. The fourth-order valence-electron chi connectivity index (χ4n) is 1.26. The van der Waals surface area contributed by atoms with Crippen LogP contribution in [-0.4, -0.2) is 26.0 Å². The van der Waals surface area contributed by atoms with Gasteiger partial charge in [0.25, 0.3) is 0 Å². The van der Waals surface area contributed by atoms with E-state index in [1.165, 1.54) is 12.1 Å². The Balaban J connectivity index is 2.90. The van der Waals surface area contributed by atoms with Gasteiger partial charge in [-0.15, -0.1) is 0 Å². The van der Waals surface area contributed by atoms with E-state index in [4.69, 9.17) is 15.3 Å². The van der Waals surface area contributed by atoms with Gasteiger partial charge in [-0.25, -0.2) is 4.39 Å². The lowest BCUT2D eigenvalue weighted by Gasteiger charge is -2.11. The van der Waals surface area contributed by atoms with Crippen LogP contribution in [0.15, 0.2) is 23.3 Å². The van der Waals surface area contributed by atoms with Crippen LogP contribution in [0.1, 0.15) is 0 Å². The summed E-state index contributed by atoms with van der Waals surface area (Å²) in [6, 6.07) is 7.59. The molecule has 7 heteroatoms. The molecule has 0 atom stereocenters. The first kappa shape index (κ1) is 14.4. The molecule has 0 fully saturated rings. The summed E-state index contributed by atoms with van der Waals surface area (Å²) < 4.78 is 18.5. The number of nitrogens with zero attached hydrogens (tertiary/aromatic N) is 3. The first-order valence-corrected chi connectivity index (χ1v) is 5.38. The Kier molecular flexibility index (Phi) is 5.80. The molecule has 0 aliphatic rings. The van der Waals surface area contributed by atoms with E-state index in [1.807, 2.05) is 0 Å². The molecule has 0 unspecified atom stereocenters. The van der Waals surface area contributed by atoms with Crippen molar-refractivity contribution in [3.8, 4) is 12.1 Å². The number of nitrogens with one attached hydrogen (secondary N) is 2. The van der Waals surface area contributed by atoms with Crippen molar-refractivity contribution in [2.24, 2.45) is 5.10 Å². The van der Waals surface area contributed by atoms with Gasteiger partial charge < -0.3 is 10.1 Å². The van der Waals surface area contributed by atoms with Crippen LogP contribution in [0.25, 0.3) is 0 Å². The summed E-state index contributed by atoms with van der Waals surface area (Å²) in [7, 11) is 1.56. The van der Waals surface area contributed by atoms with Gasteiger partial charge in [0.15, 0.2) is 0 Å². The molecule has 0 aliphatic carbocycles. The Morgan fingerprint density at radius 2 is 2.16 bits per heavy atom. The van der Waals surface area contributed by atoms with Crippen molar-refractivity contribution in [1.29, 1.82) is 10.5 Å². The van der Waals surface area contributed by atoms with E-state index in [0.717, 1.165) is 0 Å². The Hall–Kier alpha value is -2.64. The van der Waals surface area contributed by atoms with E-state index in [1.54, 1.807) is 25.3 Å². The van der Waals surface area contributed by atoms with Crippen molar-refractivity contribution in [2.75, 3.05) is 31.0 Å². The molecular formula is C12H12FN5O. The molecule has 0 heterocycles. The second-order valence-electron chi connectivity index (χ2n) is 3.38. The largest absolute Gasteiger partial charge is 0.383 e. The molecule has 0 amide bonds. The van der Waals surface area contributed by atoms with Crippen LogP contribution in [0.5, 0.6) is 0 Å². The third kappa shape index (κ3) is 4.26. The minimum atomic E-state index is -0.540. The SMILES string of the molecule is COCCNc1cccc(F)c1NN=C(C#N)C#N. The lowest BCUT2D eigenvalue weighted by atomic mass is 10.2. The van der Waals surface area contributed by atoms with Crippen molar-refractivity contribution in [1.82, 2.24) is 0 Å². The summed E-state index contributed by atoms with van der Waals surface area (Å²) in [5.41, 5.74) is 2.53. The summed E-state index contributed by atoms with van der Waals surface area (Å²) in [5.74, 6) is -0.540. The van der Waals surface area contributed by atoms with Gasteiger partial charge in [-0.1, -0.05) is 6.07 Å². The number of hydrazone groups is 1. The number of nitriles is 2. The fraction of sp³-hybridized carbons (Fsp3) is 0.250. The first-order chi connectivity index (χ1) is 9.22. The van der Waals surface area contributed by atoms with E-state index in [0.29, 0.717) is 18.8 Å². The van der Waals surface area contributed by atoms with Crippen LogP contribution in [0.2, 0.25) is 0 Å². The normalized spacial score (nSPS) is 9.05. The molecule has 0 bridgehead atoms. The molecule has 1 aromatic carbocycles. The zero-order valence-corrected chi connectivity index (χ0v) is 10.3. The number of para-hydroxylation sites is 1. The smallest absolute Gasteiger partial charge is 0.237 e. The first-order valence-electron chi connectivity index (χ1n) is 5.38.